The van der Waals surface area contributed by atoms with Gasteiger partial charge in [0.2, 0.25) is 0 Å². The Morgan fingerprint density at radius 3 is 2.50 bits per heavy atom. The Morgan fingerprint density at radius 2 is 1.90 bits per heavy atom. The predicted molar refractivity (Wildman–Crippen MR) is 108 cm³/mol. The summed E-state index contributed by atoms with van der Waals surface area (Å²) in [5.74, 6) is -0.672. The van der Waals surface area contributed by atoms with E-state index in [0.717, 1.165) is 0 Å². The fraction of sp³-hybridized carbons (Fsp3) is 0.263. The number of imidazole rings is 1. The summed E-state index contributed by atoms with van der Waals surface area (Å²) >= 11 is 12.1. The van der Waals surface area contributed by atoms with E-state index in [9.17, 15) is 18.0 Å². The number of nitrogens with one attached hydrogen (secondary N) is 1. The van der Waals surface area contributed by atoms with Crippen molar-refractivity contribution in [3.8, 4) is 0 Å². The molecule has 0 aliphatic heterocycles. The van der Waals surface area contributed by atoms with Crippen LogP contribution in [0.15, 0.2) is 36.5 Å². The van der Waals surface area contributed by atoms with Gasteiger partial charge in [-0.1, -0.05) is 29.3 Å². The molecule has 3 aromatic rings. The summed E-state index contributed by atoms with van der Waals surface area (Å²) in [6.45, 7) is -0.120. The Morgan fingerprint density at radius 1 is 1.23 bits per heavy atom. The Kier molecular flexibility index (Phi) is 6.56. The van der Waals surface area contributed by atoms with Crippen molar-refractivity contribution in [2.24, 2.45) is 0 Å². The topological polar surface area (TPSA) is 69.9 Å². The molecule has 0 fully saturated rings. The smallest absolute Gasteiger partial charge is 0.395 e. The maximum atomic E-state index is 13.6. The number of rotatable bonds is 6. The molecule has 30 heavy (non-hydrogen) atoms. The van der Waals surface area contributed by atoms with Gasteiger partial charge in [-0.2, -0.15) is 13.2 Å². The number of fused-ring (bicyclic) bond motifs is 1. The standard InChI is InChI=1S/C19H17Cl2F3N4O2/c1-27(8-9-29)10-14-16(19(22,23)24)26-17-13(6-3-7-28(14)17)25-18(30)15-11(20)4-2-5-12(15)21/h2-7,29H,8-10H2,1H3,(H,25,30). The van der Waals surface area contributed by atoms with Crippen LogP contribution >= 0.6 is 23.2 Å². The van der Waals surface area contributed by atoms with E-state index in [4.69, 9.17) is 28.3 Å². The van der Waals surface area contributed by atoms with Gasteiger partial charge in [0.15, 0.2) is 11.3 Å². The van der Waals surface area contributed by atoms with Crippen molar-refractivity contribution >= 4 is 40.4 Å². The average molecular weight is 461 g/mol. The van der Waals surface area contributed by atoms with Crippen molar-refractivity contribution in [3.05, 3.63) is 63.5 Å². The van der Waals surface area contributed by atoms with E-state index >= 15 is 0 Å². The van der Waals surface area contributed by atoms with E-state index in [0.29, 0.717) is 0 Å². The molecule has 2 heterocycles. The normalized spacial score (nSPS) is 12.0. The maximum absolute atomic E-state index is 13.6. The zero-order chi connectivity index (χ0) is 22.1. The van der Waals surface area contributed by atoms with Crippen LogP contribution in [0.3, 0.4) is 0 Å². The molecule has 0 spiro atoms. The van der Waals surface area contributed by atoms with Crippen LogP contribution in [-0.4, -0.2) is 45.5 Å². The van der Waals surface area contributed by atoms with Crippen molar-refractivity contribution in [1.29, 1.82) is 0 Å². The third kappa shape index (κ3) is 4.54. The second-order valence-electron chi connectivity index (χ2n) is 6.53. The SMILES string of the molecule is CN(CCO)Cc1c(C(F)(F)F)nc2c(NC(=O)c3c(Cl)cccc3Cl)cccn12. The average Bonchev–Trinajstić information content (AvgIpc) is 3.02. The van der Waals surface area contributed by atoms with Crippen molar-refractivity contribution in [2.75, 3.05) is 25.5 Å². The molecule has 0 unspecified atom stereocenters. The van der Waals surface area contributed by atoms with Gasteiger partial charge < -0.3 is 14.8 Å². The minimum absolute atomic E-state index is 0.00772. The summed E-state index contributed by atoms with van der Waals surface area (Å²) in [6.07, 6.45) is -3.27. The van der Waals surface area contributed by atoms with E-state index in [1.165, 1.54) is 39.8 Å². The molecule has 1 amide bonds. The number of carbonyl (C=O) groups excluding carboxylic acids is 1. The monoisotopic (exact) mass is 460 g/mol. The zero-order valence-corrected chi connectivity index (χ0v) is 17.2. The number of pyridine rings is 1. The molecule has 2 N–H and O–H groups in total. The highest BCUT2D eigenvalue weighted by Crippen LogP contribution is 2.34. The number of benzene rings is 1. The van der Waals surface area contributed by atoms with Gasteiger partial charge >= 0.3 is 6.18 Å². The van der Waals surface area contributed by atoms with Crippen molar-refractivity contribution < 1.29 is 23.1 Å². The summed E-state index contributed by atoms with van der Waals surface area (Å²) in [6, 6.07) is 7.46. The summed E-state index contributed by atoms with van der Waals surface area (Å²) < 4.78 is 42.1. The molecular weight excluding hydrogens is 444 g/mol. The first-order valence-electron chi connectivity index (χ1n) is 8.75. The van der Waals surface area contributed by atoms with Gasteiger partial charge in [-0.3, -0.25) is 9.69 Å². The molecule has 1 aromatic carbocycles. The number of alkyl halides is 3. The van der Waals surface area contributed by atoms with Crippen LogP contribution in [0.4, 0.5) is 18.9 Å². The first kappa shape index (κ1) is 22.4. The van der Waals surface area contributed by atoms with Gasteiger partial charge in [-0.05, 0) is 31.3 Å². The molecule has 0 aliphatic carbocycles. The number of carbonyl (C=O) groups is 1. The number of halogens is 5. The Balaban J connectivity index is 2.07. The van der Waals surface area contributed by atoms with Crippen LogP contribution < -0.4 is 5.32 Å². The third-order valence-corrected chi connectivity index (χ3v) is 4.99. The number of amides is 1. The van der Waals surface area contributed by atoms with Gasteiger partial charge in [0.1, 0.15) is 0 Å². The summed E-state index contributed by atoms with van der Waals surface area (Å²) in [7, 11) is 1.58. The van der Waals surface area contributed by atoms with Crippen molar-refractivity contribution in [3.63, 3.8) is 0 Å². The molecule has 160 valence electrons. The number of aliphatic hydroxyl groups is 1. The molecule has 3 rings (SSSR count). The van der Waals surface area contributed by atoms with E-state index in [1.54, 1.807) is 13.1 Å². The van der Waals surface area contributed by atoms with Gasteiger partial charge in [0.25, 0.3) is 5.91 Å². The lowest BCUT2D eigenvalue weighted by Crippen LogP contribution is -2.24. The van der Waals surface area contributed by atoms with Gasteiger partial charge in [-0.15, -0.1) is 0 Å². The molecule has 0 atom stereocenters. The Labute approximate surface area is 179 Å². The minimum atomic E-state index is -4.70. The van der Waals surface area contributed by atoms with Crippen LogP contribution in [0.1, 0.15) is 21.7 Å². The second kappa shape index (κ2) is 8.81. The highest BCUT2D eigenvalue weighted by Gasteiger charge is 2.38. The van der Waals surface area contributed by atoms with Crippen LogP contribution in [-0.2, 0) is 12.7 Å². The lowest BCUT2D eigenvalue weighted by Gasteiger charge is -2.16. The molecule has 6 nitrogen and oxygen atoms in total. The molecule has 0 radical (unpaired) electrons. The lowest BCUT2D eigenvalue weighted by atomic mass is 10.2. The van der Waals surface area contributed by atoms with E-state index in [-0.39, 0.29) is 52.3 Å². The maximum Gasteiger partial charge on any atom is 0.435 e. The van der Waals surface area contributed by atoms with E-state index in [2.05, 4.69) is 10.3 Å². The van der Waals surface area contributed by atoms with Crippen molar-refractivity contribution in [2.45, 2.75) is 12.7 Å². The Bertz CT molecular complexity index is 1070. The second-order valence-corrected chi connectivity index (χ2v) is 7.35. The first-order chi connectivity index (χ1) is 14.1. The highest BCUT2D eigenvalue weighted by atomic mass is 35.5. The quantitative estimate of drug-likeness (QED) is 0.574. The number of hydrogen-bond acceptors (Lipinski definition) is 4. The number of hydrogen-bond donors (Lipinski definition) is 2. The summed E-state index contributed by atoms with van der Waals surface area (Å²) in [5, 5.41) is 11.8. The third-order valence-electron chi connectivity index (χ3n) is 4.36. The summed E-state index contributed by atoms with van der Waals surface area (Å²) in [4.78, 5) is 18.0. The molecule has 11 heteroatoms. The molecule has 0 bridgehead atoms. The molecule has 2 aromatic heterocycles. The number of likely N-dealkylation sites (N-methyl/N-ethyl adjacent to an activating group) is 1. The predicted octanol–water partition coefficient (Wildman–Crippen LogP) is 4.34. The van der Waals surface area contributed by atoms with Crippen LogP contribution in [0.25, 0.3) is 5.65 Å². The first-order valence-corrected chi connectivity index (χ1v) is 9.51. The van der Waals surface area contributed by atoms with E-state index in [1.807, 2.05) is 0 Å². The molecule has 0 saturated carbocycles. The van der Waals surface area contributed by atoms with Crippen molar-refractivity contribution in [1.82, 2.24) is 14.3 Å². The molecule has 0 aliphatic rings. The fourth-order valence-corrected chi connectivity index (χ4v) is 3.57. The summed E-state index contributed by atoms with van der Waals surface area (Å²) in [5.41, 5.74) is -1.17. The van der Waals surface area contributed by atoms with Crippen LogP contribution in [0, 0.1) is 0 Å². The number of anilines is 1. The van der Waals surface area contributed by atoms with E-state index < -0.39 is 17.8 Å². The number of nitrogens with zero attached hydrogens (tertiary/aromatic N) is 3. The van der Waals surface area contributed by atoms with Crippen LogP contribution in [0.5, 0.6) is 0 Å². The largest absolute Gasteiger partial charge is 0.435 e. The fourth-order valence-electron chi connectivity index (χ4n) is 3.00. The van der Waals surface area contributed by atoms with Gasteiger partial charge in [0.05, 0.1) is 33.6 Å². The zero-order valence-electron chi connectivity index (χ0n) is 15.7. The molecule has 0 saturated heterocycles. The number of aliphatic hydroxyl groups excluding tert-OH is 1. The lowest BCUT2D eigenvalue weighted by molar-refractivity contribution is -0.141. The van der Waals surface area contributed by atoms with Gasteiger partial charge in [-0.25, -0.2) is 4.98 Å². The Hall–Kier alpha value is -2.33. The van der Waals surface area contributed by atoms with Gasteiger partial charge in [0, 0.05) is 19.3 Å². The highest BCUT2D eigenvalue weighted by molar-refractivity contribution is 6.40. The molecular formula is C19H17Cl2F3N4O2. The number of aromatic nitrogens is 2. The minimum Gasteiger partial charge on any atom is -0.395 e. The van der Waals surface area contributed by atoms with Crippen LogP contribution in [0.2, 0.25) is 10.0 Å².